The monoisotopic (exact) mass is 371 g/mol. The normalized spacial score (nSPS) is 12.5. The van der Waals surface area contributed by atoms with Crippen molar-refractivity contribution in [3.63, 3.8) is 0 Å². The Morgan fingerprint density at radius 2 is 1.62 bits per heavy atom. The number of nitrogens with zero attached hydrogens (tertiary/aromatic N) is 1. The molecule has 0 radical (unpaired) electrons. The van der Waals surface area contributed by atoms with Gasteiger partial charge >= 0.3 is 12.4 Å². The summed E-state index contributed by atoms with van der Waals surface area (Å²) < 4.78 is 79.4. The molecule has 26 heavy (non-hydrogen) atoms. The van der Waals surface area contributed by atoms with Crippen molar-refractivity contribution in [1.29, 1.82) is 0 Å². The van der Waals surface area contributed by atoms with Crippen LogP contribution in [-0.2, 0) is 18.9 Å². The van der Waals surface area contributed by atoms with Crippen molar-refractivity contribution in [1.82, 2.24) is 4.57 Å². The molecular formula is C18H11F6NO. The number of alkyl halides is 6. The highest BCUT2D eigenvalue weighted by Gasteiger charge is 2.38. The summed E-state index contributed by atoms with van der Waals surface area (Å²) in [6.07, 6.45) is -7.60. The summed E-state index contributed by atoms with van der Waals surface area (Å²) in [5, 5.41) is 0.648. The highest BCUT2D eigenvalue weighted by Crippen LogP contribution is 2.37. The summed E-state index contributed by atoms with van der Waals surface area (Å²) in [7, 11) is 0. The smallest absolute Gasteiger partial charge is 0.343 e. The maximum atomic E-state index is 13.2. The van der Waals surface area contributed by atoms with Crippen LogP contribution in [0.15, 0.2) is 48.7 Å². The zero-order chi connectivity index (χ0) is 19.1. The SMILES string of the molecule is O=Cc1ccc2c(ccn2Cc2ccc(C(F)(F)F)cc2C(F)(F)F)c1. The first-order valence-corrected chi connectivity index (χ1v) is 7.41. The van der Waals surface area contributed by atoms with Gasteiger partial charge < -0.3 is 4.57 Å². The minimum atomic E-state index is -4.91. The third-order valence-corrected chi connectivity index (χ3v) is 4.01. The van der Waals surface area contributed by atoms with E-state index in [0.717, 1.165) is 6.07 Å². The van der Waals surface area contributed by atoms with Crippen LogP contribution in [0.5, 0.6) is 0 Å². The van der Waals surface area contributed by atoms with Crippen LogP contribution in [0.25, 0.3) is 10.9 Å². The van der Waals surface area contributed by atoms with E-state index in [4.69, 9.17) is 0 Å². The summed E-state index contributed by atoms with van der Waals surface area (Å²) in [4.78, 5) is 10.8. The molecule has 3 aromatic rings. The molecule has 1 heterocycles. The Balaban J connectivity index is 2.06. The molecule has 0 bridgehead atoms. The summed E-state index contributed by atoms with van der Waals surface area (Å²) in [5.41, 5.74) is -1.95. The number of benzene rings is 2. The van der Waals surface area contributed by atoms with Gasteiger partial charge in [0.15, 0.2) is 0 Å². The topological polar surface area (TPSA) is 22.0 Å². The largest absolute Gasteiger partial charge is 0.416 e. The Morgan fingerprint density at radius 1 is 0.885 bits per heavy atom. The number of carbonyl (C=O) groups excluding carboxylic acids is 1. The van der Waals surface area contributed by atoms with Crippen LogP contribution in [0.4, 0.5) is 26.3 Å². The second-order valence-electron chi connectivity index (χ2n) is 5.75. The number of aromatic nitrogens is 1. The summed E-state index contributed by atoms with van der Waals surface area (Å²) in [6.45, 7) is -0.253. The van der Waals surface area contributed by atoms with Gasteiger partial charge in [0.2, 0.25) is 0 Å². The first-order chi connectivity index (χ1) is 12.1. The van der Waals surface area contributed by atoms with Gasteiger partial charge in [0, 0.05) is 29.2 Å². The highest BCUT2D eigenvalue weighted by molar-refractivity contribution is 5.87. The van der Waals surface area contributed by atoms with Gasteiger partial charge in [-0.3, -0.25) is 4.79 Å². The molecule has 0 saturated carbocycles. The van der Waals surface area contributed by atoms with Gasteiger partial charge in [0.05, 0.1) is 11.1 Å². The van der Waals surface area contributed by atoms with E-state index in [1.807, 2.05) is 0 Å². The van der Waals surface area contributed by atoms with E-state index in [1.165, 1.54) is 16.8 Å². The fourth-order valence-corrected chi connectivity index (χ4v) is 2.77. The molecule has 3 rings (SSSR count). The molecule has 0 aliphatic heterocycles. The van der Waals surface area contributed by atoms with Crippen LogP contribution < -0.4 is 0 Å². The maximum absolute atomic E-state index is 13.2. The minimum Gasteiger partial charge on any atom is -0.343 e. The molecule has 2 nitrogen and oxygen atoms in total. The maximum Gasteiger partial charge on any atom is 0.416 e. The zero-order valence-electron chi connectivity index (χ0n) is 13.0. The quantitative estimate of drug-likeness (QED) is 0.438. The highest BCUT2D eigenvalue weighted by atomic mass is 19.4. The van der Waals surface area contributed by atoms with Crippen LogP contribution in [0.1, 0.15) is 27.0 Å². The molecule has 0 saturated heterocycles. The van der Waals surface area contributed by atoms with Gasteiger partial charge in [0.1, 0.15) is 6.29 Å². The van der Waals surface area contributed by atoms with Crippen molar-refractivity contribution in [3.8, 4) is 0 Å². The number of halogens is 6. The van der Waals surface area contributed by atoms with E-state index >= 15 is 0 Å². The van der Waals surface area contributed by atoms with Crippen LogP contribution >= 0.6 is 0 Å². The summed E-state index contributed by atoms with van der Waals surface area (Å²) >= 11 is 0. The molecule has 0 aliphatic carbocycles. The molecular weight excluding hydrogens is 360 g/mol. The number of hydrogen-bond donors (Lipinski definition) is 0. The summed E-state index contributed by atoms with van der Waals surface area (Å²) in [5.74, 6) is 0. The van der Waals surface area contributed by atoms with Crippen LogP contribution in [0.2, 0.25) is 0 Å². The zero-order valence-corrected chi connectivity index (χ0v) is 13.0. The first-order valence-electron chi connectivity index (χ1n) is 7.41. The predicted octanol–water partition coefficient (Wildman–Crippen LogP) is 5.54. The van der Waals surface area contributed by atoms with Crippen molar-refractivity contribution in [2.24, 2.45) is 0 Å². The van der Waals surface area contributed by atoms with Gasteiger partial charge in [-0.15, -0.1) is 0 Å². The minimum absolute atomic E-state index is 0.130. The van der Waals surface area contributed by atoms with E-state index < -0.39 is 23.5 Å². The fourth-order valence-electron chi connectivity index (χ4n) is 2.77. The molecule has 136 valence electrons. The van der Waals surface area contributed by atoms with E-state index in [-0.39, 0.29) is 18.2 Å². The Kier molecular flexibility index (Phi) is 4.29. The molecule has 0 spiro atoms. The van der Waals surface area contributed by atoms with Crippen molar-refractivity contribution < 1.29 is 31.1 Å². The van der Waals surface area contributed by atoms with Crippen LogP contribution in [0.3, 0.4) is 0 Å². The summed E-state index contributed by atoms with van der Waals surface area (Å²) in [6, 6.07) is 7.92. The van der Waals surface area contributed by atoms with Crippen molar-refractivity contribution >= 4 is 17.2 Å². The Labute approximate surface area is 143 Å². The number of rotatable bonds is 3. The number of aldehydes is 1. The van der Waals surface area contributed by atoms with Gasteiger partial charge in [-0.1, -0.05) is 6.07 Å². The van der Waals surface area contributed by atoms with Gasteiger partial charge in [-0.2, -0.15) is 26.3 Å². The molecule has 0 amide bonds. The lowest BCUT2D eigenvalue weighted by Gasteiger charge is -2.17. The average Bonchev–Trinajstić information content (AvgIpc) is 2.95. The lowest BCUT2D eigenvalue weighted by atomic mass is 10.0. The standard InChI is InChI=1S/C18H11F6NO/c19-17(20,21)14-3-2-13(15(8-14)18(22,23)24)9-25-6-5-12-7-11(10-26)1-4-16(12)25/h1-8,10H,9H2. The van der Waals surface area contributed by atoms with Gasteiger partial charge in [-0.25, -0.2) is 0 Å². The third-order valence-electron chi connectivity index (χ3n) is 4.01. The fraction of sp³-hybridized carbons (Fsp3) is 0.167. The Bertz CT molecular complexity index is 968. The van der Waals surface area contributed by atoms with E-state index in [2.05, 4.69) is 0 Å². The molecule has 8 heteroatoms. The molecule has 0 unspecified atom stereocenters. The molecule has 0 aliphatic rings. The van der Waals surface area contributed by atoms with Crippen molar-refractivity contribution in [2.75, 3.05) is 0 Å². The predicted molar refractivity (Wildman–Crippen MR) is 82.9 cm³/mol. The van der Waals surface area contributed by atoms with Crippen molar-refractivity contribution in [3.05, 3.63) is 70.9 Å². The van der Waals surface area contributed by atoms with E-state index in [9.17, 15) is 31.1 Å². The number of hydrogen-bond acceptors (Lipinski definition) is 1. The van der Waals surface area contributed by atoms with E-state index in [1.54, 1.807) is 18.2 Å². The third kappa shape index (κ3) is 3.44. The van der Waals surface area contributed by atoms with Crippen LogP contribution in [0, 0.1) is 0 Å². The lowest BCUT2D eigenvalue weighted by molar-refractivity contribution is -0.143. The average molecular weight is 371 g/mol. The van der Waals surface area contributed by atoms with E-state index in [0.29, 0.717) is 28.8 Å². The molecule has 2 aromatic carbocycles. The molecule has 0 N–H and O–H groups in total. The molecule has 0 atom stereocenters. The number of fused-ring (bicyclic) bond motifs is 1. The molecule has 0 fully saturated rings. The Hall–Kier alpha value is -2.77. The second-order valence-corrected chi connectivity index (χ2v) is 5.75. The first kappa shape index (κ1) is 18.0. The van der Waals surface area contributed by atoms with Crippen LogP contribution in [-0.4, -0.2) is 10.9 Å². The molecule has 1 aromatic heterocycles. The lowest BCUT2D eigenvalue weighted by Crippen LogP contribution is -2.15. The van der Waals surface area contributed by atoms with Gasteiger partial charge in [0.25, 0.3) is 0 Å². The van der Waals surface area contributed by atoms with Crippen molar-refractivity contribution in [2.45, 2.75) is 18.9 Å². The number of carbonyl (C=O) groups is 1. The van der Waals surface area contributed by atoms with Gasteiger partial charge in [-0.05, 0) is 42.0 Å². The Morgan fingerprint density at radius 3 is 2.23 bits per heavy atom. The second kappa shape index (κ2) is 6.19.